The SMILES string of the molecule is CC1(CC(N)=O)CCN(C(=O)OCc2ccccc2)CC1.[Cl-]. The van der Waals surface area contributed by atoms with Crippen LogP contribution in [0.5, 0.6) is 0 Å². The minimum Gasteiger partial charge on any atom is -1.00 e. The number of benzene rings is 1. The molecule has 1 aliphatic rings. The second-order valence-corrected chi connectivity index (χ2v) is 5.98. The minimum absolute atomic E-state index is 0. The van der Waals surface area contributed by atoms with Gasteiger partial charge in [-0.1, -0.05) is 37.3 Å². The van der Waals surface area contributed by atoms with Gasteiger partial charge in [0, 0.05) is 19.5 Å². The molecule has 0 bridgehead atoms. The number of ether oxygens (including phenoxy) is 1. The molecular formula is C16H22ClN2O3-. The topological polar surface area (TPSA) is 72.6 Å². The number of piperidine rings is 1. The number of amides is 2. The summed E-state index contributed by atoms with van der Waals surface area (Å²) in [6.07, 6.45) is 1.63. The zero-order valence-corrected chi connectivity index (χ0v) is 13.5. The summed E-state index contributed by atoms with van der Waals surface area (Å²) in [5.74, 6) is -0.280. The molecule has 2 rings (SSSR count). The van der Waals surface area contributed by atoms with E-state index < -0.39 is 0 Å². The molecule has 1 fully saturated rings. The maximum absolute atomic E-state index is 12.0. The first-order valence-electron chi connectivity index (χ1n) is 7.22. The Balaban J connectivity index is 0.00000242. The number of rotatable bonds is 4. The van der Waals surface area contributed by atoms with Crippen LogP contribution in [0.1, 0.15) is 31.7 Å². The van der Waals surface area contributed by atoms with Crippen LogP contribution in [0.4, 0.5) is 4.79 Å². The Hall–Kier alpha value is -1.75. The lowest BCUT2D eigenvalue weighted by Crippen LogP contribution is -3.00. The third-order valence-corrected chi connectivity index (χ3v) is 4.03. The van der Waals surface area contributed by atoms with Crippen molar-refractivity contribution in [2.24, 2.45) is 11.1 Å². The van der Waals surface area contributed by atoms with Crippen LogP contribution in [0.2, 0.25) is 0 Å². The summed E-state index contributed by atoms with van der Waals surface area (Å²) in [5, 5.41) is 0. The Morgan fingerprint density at radius 1 is 1.23 bits per heavy atom. The van der Waals surface area contributed by atoms with Crippen LogP contribution in [0.3, 0.4) is 0 Å². The fourth-order valence-corrected chi connectivity index (χ4v) is 2.64. The van der Waals surface area contributed by atoms with E-state index in [1.807, 2.05) is 37.3 Å². The van der Waals surface area contributed by atoms with Crippen molar-refractivity contribution in [1.82, 2.24) is 4.90 Å². The molecule has 1 aromatic carbocycles. The maximum atomic E-state index is 12.0. The first-order valence-corrected chi connectivity index (χ1v) is 7.22. The van der Waals surface area contributed by atoms with Crippen molar-refractivity contribution < 1.29 is 26.7 Å². The number of halogens is 1. The molecule has 1 saturated heterocycles. The van der Waals surface area contributed by atoms with Gasteiger partial charge in [0.25, 0.3) is 0 Å². The molecule has 6 heteroatoms. The average molecular weight is 326 g/mol. The Labute approximate surface area is 137 Å². The van der Waals surface area contributed by atoms with Crippen LogP contribution in [0.15, 0.2) is 30.3 Å². The van der Waals surface area contributed by atoms with E-state index >= 15 is 0 Å². The van der Waals surface area contributed by atoms with Crippen molar-refractivity contribution in [3.63, 3.8) is 0 Å². The fourth-order valence-electron chi connectivity index (χ4n) is 2.64. The zero-order valence-electron chi connectivity index (χ0n) is 12.8. The third kappa shape index (κ3) is 5.22. The molecule has 0 spiro atoms. The van der Waals surface area contributed by atoms with E-state index in [4.69, 9.17) is 10.5 Å². The summed E-state index contributed by atoms with van der Waals surface area (Å²) in [5.41, 5.74) is 6.15. The van der Waals surface area contributed by atoms with E-state index in [-0.39, 0.29) is 36.4 Å². The molecule has 0 aromatic heterocycles. The third-order valence-electron chi connectivity index (χ3n) is 4.03. The van der Waals surface area contributed by atoms with Gasteiger partial charge >= 0.3 is 6.09 Å². The van der Waals surface area contributed by atoms with Crippen LogP contribution < -0.4 is 18.1 Å². The minimum atomic E-state index is -0.292. The quantitative estimate of drug-likeness (QED) is 0.796. The summed E-state index contributed by atoms with van der Waals surface area (Å²) < 4.78 is 5.31. The lowest BCUT2D eigenvalue weighted by molar-refractivity contribution is -0.120. The molecule has 1 aliphatic heterocycles. The Bertz CT molecular complexity index is 499. The van der Waals surface area contributed by atoms with E-state index in [0.29, 0.717) is 19.5 Å². The number of hydrogen-bond donors (Lipinski definition) is 1. The van der Waals surface area contributed by atoms with Crippen LogP contribution in [-0.2, 0) is 16.1 Å². The standard InChI is InChI=1S/C16H22N2O3.ClH/c1-16(11-14(17)19)7-9-18(10-8-16)15(20)21-12-13-5-3-2-4-6-13;/h2-6H,7-12H2,1H3,(H2,17,19);1H/p-1. The van der Waals surface area contributed by atoms with Gasteiger partial charge in [0.15, 0.2) is 0 Å². The highest BCUT2D eigenvalue weighted by molar-refractivity contribution is 5.74. The van der Waals surface area contributed by atoms with Crippen LogP contribution in [0, 0.1) is 5.41 Å². The summed E-state index contributed by atoms with van der Waals surface area (Å²) in [6.45, 7) is 3.55. The smallest absolute Gasteiger partial charge is 0.410 e. The maximum Gasteiger partial charge on any atom is 0.410 e. The number of primary amides is 1. The summed E-state index contributed by atoms with van der Waals surface area (Å²) in [4.78, 5) is 24.8. The van der Waals surface area contributed by atoms with Crippen LogP contribution in [-0.4, -0.2) is 30.0 Å². The number of carbonyl (C=O) groups is 2. The van der Waals surface area contributed by atoms with Gasteiger partial charge in [-0.2, -0.15) is 0 Å². The Kier molecular flexibility index (Phi) is 6.68. The van der Waals surface area contributed by atoms with Crippen molar-refractivity contribution >= 4 is 12.0 Å². The number of hydrogen-bond acceptors (Lipinski definition) is 3. The van der Waals surface area contributed by atoms with E-state index in [9.17, 15) is 9.59 Å². The van der Waals surface area contributed by atoms with E-state index in [1.54, 1.807) is 4.90 Å². The number of carbonyl (C=O) groups excluding carboxylic acids is 2. The Morgan fingerprint density at radius 2 is 1.82 bits per heavy atom. The predicted molar refractivity (Wildman–Crippen MR) is 79.4 cm³/mol. The highest BCUT2D eigenvalue weighted by Gasteiger charge is 2.33. The molecule has 0 aliphatic carbocycles. The second kappa shape index (κ2) is 8.03. The molecule has 122 valence electrons. The van der Waals surface area contributed by atoms with Gasteiger partial charge in [-0.15, -0.1) is 0 Å². The van der Waals surface area contributed by atoms with Crippen LogP contribution in [0.25, 0.3) is 0 Å². The van der Waals surface area contributed by atoms with Crippen molar-refractivity contribution in [3.05, 3.63) is 35.9 Å². The predicted octanol–water partition coefficient (Wildman–Crippen LogP) is -0.695. The van der Waals surface area contributed by atoms with Gasteiger partial charge < -0.3 is 27.8 Å². The molecule has 2 N–H and O–H groups in total. The highest BCUT2D eigenvalue weighted by Crippen LogP contribution is 2.34. The van der Waals surface area contributed by atoms with Crippen LogP contribution >= 0.6 is 0 Å². The lowest BCUT2D eigenvalue weighted by Gasteiger charge is -2.38. The summed E-state index contributed by atoms with van der Waals surface area (Å²) in [7, 11) is 0. The summed E-state index contributed by atoms with van der Waals surface area (Å²) in [6, 6.07) is 9.61. The monoisotopic (exact) mass is 325 g/mol. The fraction of sp³-hybridized carbons (Fsp3) is 0.500. The molecule has 0 radical (unpaired) electrons. The van der Waals surface area contributed by atoms with Gasteiger partial charge in [0.05, 0.1) is 0 Å². The largest absolute Gasteiger partial charge is 1.00 e. The number of likely N-dealkylation sites (tertiary alicyclic amines) is 1. The van der Waals surface area contributed by atoms with E-state index in [1.165, 1.54) is 0 Å². The first kappa shape index (κ1) is 18.3. The molecular weight excluding hydrogens is 304 g/mol. The van der Waals surface area contributed by atoms with Gasteiger partial charge in [-0.05, 0) is 23.8 Å². The van der Waals surface area contributed by atoms with Crippen molar-refractivity contribution in [2.45, 2.75) is 32.8 Å². The summed E-state index contributed by atoms with van der Waals surface area (Å²) >= 11 is 0. The normalized spacial score (nSPS) is 16.5. The zero-order chi connectivity index (χ0) is 15.3. The number of nitrogens with zero attached hydrogens (tertiary/aromatic N) is 1. The molecule has 0 unspecified atom stereocenters. The van der Waals surface area contributed by atoms with Gasteiger partial charge in [0.1, 0.15) is 6.61 Å². The van der Waals surface area contributed by atoms with Gasteiger partial charge in [-0.25, -0.2) is 4.79 Å². The molecule has 1 aromatic rings. The van der Waals surface area contributed by atoms with Gasteiger partial charge in [0.2, 0.25) is 5.91 Å². The van der Waals surface area contributed by atoms with E-state index in [0.717, 1.165) is 18.4 Å². The lowest BCUT2D eigenvalue weighted by atomic mass is 9.77. The molecule has 0 saturated carbocycles. The van der Waals surface area contributed by atoms with E-state index in [2.05, 4.69) is 0 Å². The molecule has 5 nitrogen and oxygen atoms in total. The second-order valence-electron chi connectivity index (χ2n) is 5.98. The highest BCUT2D eigenvalue weighted by atomic mass is 35.5. The van der Waals surface area contributed by atoms with Gasteiger partial charge in [-0.3, -0.25) is 4.79 Å². The van der Waals surface area contributed by atoms with Crippen molar-refractivity contribution in [2.75, 3.05) is 13.1 Å². The average Bonchev–Trinajstić information content (AvgIpc) is 2.45. The Morgan fingerprint density at radius 3 is 2.36 bits per heavy atom. The number of nitrogens with two attached hydrogens (primary N) is 1. The van der Waals surface area contributed by atoms with Crippen molar-refractivity contribution in [1.29, 1.82) is 0 Å². The molecule has 1 heterocycles. The molecule has 22 heavy (non-hydrogen) atoms. The molecule has 2 amide bonds. The molecule has 0 atom stereocenters. The first-order chi connectivity index (χ1) is 9.98. The van der Waals surface area contributed by atoms with Crippen molar-refractivity contribution in [3.8, 4) is 0 Å².